The van der Waals surface area contributed by atoms with E-state index in [1.807, 2.05) is 4.90 Å². The number of hydrogen-bond acceptors (Lipinski definition) is 8. The first kappa shape index (κ1) is 26.2. The van der Waals surface area contributed by atoms with Gasteiger partial charge in [-0.25, -0.2) is 22.9 Å². The van der Waals surface area contributed by atoms with Gasteiger partial charge in [-0.1, -0.05) is 0 Å². The van der Waals surface area contributed by atoms with Crippen LogP contribution in [0.4, 0.5) is 24.7 Å². The number of benzene rings is 1. The summed E-state index contributed by atoms with van der Waals surface area (Å²) in [6, 6.07) is 5.08. The van der Waals surface area contributed by atoms with Crippen LogP contribution >= 0.6 is 0 Å². The minimum atomic E-state index is -1.32. The van der Waals surface area contributed by atoms with Gasteiger partial charge in [-0.15, -0.1) is 0 Å². The highest BCUT2D eigenvalue weighted by molar-refractivity contribution is 5.95. The van der Waals surface area contributed by atoms with Crippen molar-refractivity contribution in [1.82, 2.24) is 9.97 Å². The number of rotatable bonds is 6. The predicted molar refractivity (Wildman–Crippen MR) is 130 cm³/mol. The molecular formula is C26H29F3N4O5. The zero-order valence-corrected chi connectivity index (χ0v) is 21.0. The van der Waals surface area contributed by atoms with E-state index in [4.69, 9.17) is 14.2 Å². The number of carbonyl (C=O) groups excluding carboxylic acids is 2. The van der Waals surface area contributed by atoms with Crippen molar-refractivity contribution in [2.75, 3.05) is 42.7 Å². The first-order valence-electron chi connectivity index (χ1n) is 12.8. The minimum absolute atomic E-state index is 0.0350. The lowest BCUT2D eigenvalue weighted by Crippen LogP contribution is -2.60. The van der Waals surface area contributed by atoms with Gasteiger partial charge >= 0.3 is 5.97 Å². The van der Waals surface area contributed by atoms with E-state index in [1.54, 1.807) is 17.9 Å². The first-order valence-corrected chi connectivity index (χ1v) is 12.8. The lowest BCUT2D eigenvalue weighted by Gasteiger charge is -2.51. The lowest BCUT2D eigenvalue weighted by atomic mass is 9.78. The van der Waals surface area contributed by atoms with Crippen LogP contribution in [0.15, 0.2) is 24.3 Å². The summed E-state index contributed by atoms with van der Waals surface area (Å²) < 4.78 is 57.6. The van der Waals surface area contributed by atoms with Crippen LogP contribution in [0.3, 0.4) is 0 Å². The molecule has 1 amide bonds. The number of piperidine rings is 2. The fourth-order valence-corrected chi connectivity index (χ4v) is 5.42. The highest BCUT2D eigenvalue weighted by atomic mass is 19.2. The molecule has 0 radical (unpaired) electrons. The first-order chi connectivity index (χ1) is 18.3. The highest BCUT2D eigenvalue weighted by Crippen LogP contribution is 2.42. The lowest BCUT2D eigenvalue weighted by molar-refractivity contribution is -0.121. The molecule has 2 aromatic rings. The predicted octanol–water partition coefficient (Wildman–Crippen LogP) is 3.60. The molecule has 0 unspecified atom stereocenters. The summed E-state index contributed by atoms with van der Waals surface area (Å²) >= 11 is 0. The van der Waals surface area contributed by atoms with E-state index in [0.29, 0.717) is 50.3 Å². The fourth-order valence-electron chi connectivity index (χ4n) is 5.42. The number of esters is 1. The number of alkyl halides is 1. The van der Waals surface area contributed by atoms with Gasteiger partial charge in [-0.2, -0.15) is 4.98 Å². The van der Waals surface area contributed by atoms with Gasteiger partial charge in [0.2, 0.25) is 17.6 Å². The number of ether oxygens (including phenoxy) is 3. The maximum atomic E-state index is 14.1. The summed E-state index contributed by atoms with van der Waals surface area (Å²) in [7, 11) is 0. The highest BCUT2D eigenvalue weighted by Gasteiger charge is 2.45. The second-order valence-corrected chi connectivity index (χ2v) is 9.71. The molecule has 38 heavy (non-hydrogen) atoms. The number of aromatic nitrogens is 2. The maximum Gasteiger partial charge on any atom is 0.376 e. The van der Waals surface area contributed by atoms with Gasteiger partial charge in [0.05, 0.1) is 25.4 Å². The number of carbonyl (C=O) groups is 2. The fraction of sp³-hybridized carbons (Fsp3) is 0.538. The molecular weight excluding hydrogens is 505 g/mol. The number of hydrogen-bond donors (Lipinski definition) is 0. The van der Waals surface area contributed by atoms with Crippen LogP contribution in [0.5, 0.6) is 5.88 Å². The Kier molecular flexibility index (Phi) is 7.42. The van der Waals surface area contributed by atoms with Crippen LogP contribution in [-0.2, 0) is 14.3 Å². The quantitative estimate of drug-likeness (QED) is 0.519. The summed E-state index contributed by atoms with van der Waals surface area (Å²) in [5, 5.41) is 0. The van der Waals surface area contributed by atoms with Crippen molar-refractivity contribution < 1.29 is 37.0 Å². The van der Waals surface area contributed by atoms with E-state index in [2.05, 4.69) is 9.97 Å². The number of amides is 1. The molecule has 3 aliphatic rings. The van der Waals surface area contributed by atoms with Crippen molar-refractivity contribution in [2.45, 2.75) is 56.8 Å². The molecule has 1 aromatic heterocycles. The number of nitrogens with zero attached hydrogens (tertiary/aromatic N) is 4. The van der Waals surface area contributed by atoms with Gasteiger partial charge in [0.25, 0.3) is 0 Å². The molecule has 0 N–H and O–H groups in total. The van der Waals surface area contributed by atoms with Crippen molar-refractivity contribution in [2.24, 2.45) is 0 Å². The van der Waals surface area contributed by atoms with E-state index in [1.165, 1.54) is 6.07 Å². The van der Waals surface area contributed by atoms with E-state index in [9.17, 15) is 22.8 Å². The molecule has 0 saturated carbocycles. The molecule has 1 spiro atoms. The monoisotopic (exact) mass is 534 g/mol. The topological polar surface area (TPSA) is 94.1 Å². The molecule has 3 aliphatic heterocycles. The van der Waals surface area contributed by atoms with Crippen LogP contribution in [0.2, 0.25) is 0 Å². The van der Waals surface area contributed by atoms with E-state index in [0.717, 1.165) is 18.6 Å². The van der Waals surface area contributed by atoms with Crippen LogP contribution in [0.25, 0.3) is 0 Å². The average molecular weight is 535 g/mol. The average Bonchev–Trinajstić information content (AvgIpc) is 3.30. The Morgan fingerprint density at radius 3 is 2.61 bits per heavy atom. The largest absolute Gasteiger partial charge is 0.469 e. The summed E-state index contributed by atoms with van der Waals surface area (Å²) in [6.45, 7) is 2.71. The Balaban J connectivity index is 1.39. The zero-order chi connectivity index (χ0) is 26.9. The normalized spacial score (nSPS) is 23.1. The molecule has 12 heteroatoms. The van der Waals surface area contributed by atoms with Crippen LogP contribution < -0.4 is 14.5 Å². The van der Waals surface area contributed by atoms with E-state index >= 15 is 0 Å². The van der Waals surface area contributed by atoms with Crippen LogP contribution in [0.1, 0.15) is 49.6 Å². The molecule has 2 atom stereocenters. The number of halogens is 3. The second-order valence-electron chi connectivity index (χ2n) is 9.71. The third-order valence-corrected chi connectivity index (χ3v) is 7.32. The third-order valence-electron chi connectivity index (χ3n) is 7.32. The van der Waals surface area contributed by atoms with Crippen molar-refractivity contribution in [1.29, 1.82) is 0 Å². The summed E-state index contributed by atoms with van der Waals surface area (Å²) in [6.07, 6.45) is 0.657. The van der Waals surface area contributed by atoms with Crippen LogP contribution in [-0.4, -0.2) is 72.6 Å². The Morgan fingerprint density at radius 2 is 1.92 bits per heavy atom. The molecule has 204 valence electrons. The molecule has 1 aromatic carbocycles. The second kappa shape index (κ2) is 10.8. The molecule has 0 bridgehead atoms. The molecule has 5 rings (SSSR count). The van der Waals surface area contributed by atoms with Crippen molar-refractivity contribution in [3.63, 3.8) is 0 Å². The zero-order valence-electron chi connectivity index (χ0n) is 21.0. The SMILES string of the molecule is CCOC(=O)c1nc(O[C@@H]2COC[C@H]2F)cc(N2CCC3(CCCC(=O)N3c3ccc(F)c(F)c3)CC2)n1. The smallest absolute Gasteiger partial charge is 0.376 e. The molecule has 4 heterocycles. The van der Waals surface area contributed by atoms with Gasteiger partial charge in [0.1, 0.15) is 5.82 Å². The third kappa shape index (κ3) is 5.13. The minimum Gasteiger partial charge on any atom is -0.469 e. The van der Waals surface area contributed by atoms with Gasteiger partial charge in [0, 0.05) is 37.3 Å². The van der Waals surface area contributed by atoms with Gasteiger partial charge in [-0.3, -0.25) is 4.79 Å². The molecule has 3 fully saturated rings. The van der Waals surface area contributed by atoms with Gasteiger partial charge < -0.3 is 24.0 Å². The Morgan fingerprint density at radius 1 is 1.13 bits per heavy atom. The summed E-state index contributed by atoms with van der Waals surface area (Å²) in [5.41, 5.74) is -0.223. The molecule has 3 saturated heterocycles. The number of anilines is 2. The van der Waals surface area contributed by atoms with Crippen molar-refractivity contribution in [3.8, 4) is 5.88 Å². The van der Waals surface area contributed by atoms with Gasteiger partial charge in [0.15, 0.2) is 23.9 Å². The van der Waals surface area contributed by atoms with Crippen molar-refractivity contribution in [3.05, 3.63) is 41.7 Å². The van der Waals surface area contributed by atoms with Crippen molar-refractivity contribution >= 4 is 23.4 Å². The standard InChI is InChI=1S/C26H29F3N4O5/c1-2-37-25(35)24-30-21(13-22(31-24)38-20-15-36-14-19(20)29)32-10-8-26(9-11-32)7-3-4-23(34)33(26)16-5-6-17(27)18(28)12-16/h5-6,12-13,19-20H,2-4,7-11,14-15H2,1H3/t19-,20-/m1/s1. The van der Waals surface area contributed by atoms with Gasteiger partial charge in [-0.05, 0) is 44.7 Å². The Bertz CT molecular complexity index is 1210. The summed E-state index contributed by atoms with van der Waals surface area (Å²) in [5.74, 6) is -2.59. The Labute approximate surface area is 217 Å². The Hall–Kier alpha value is -3.41. The molecule has 9 nitrogen and oxygen atoms in total. The van der Waals surface area contributed by atoms with Crippen LogP contribution in [0, 0.1) is 11.6 Å². The summed E-state index contributed by atoms with van der Waals surface area (Å²) in [4.78, 5) is 37.5. The maximum absolute atomic E-state index is 14.1. The van der Waals surface area contributed by atoms with E-state index < -0.39 is 35.4 Å². The molecule has 0 aliphatic carbocycles. The van der Waals surface area contributed by atoms with E-state index in [-0.39, 0.29) is 37.4 Å².